The largest absolute Gasteiger partial charge is 0.335 e. The molecule has 1 heterocycles. The molecule has 2 heteroatoms. The van der Waals surface area contributed by atoms with Gasteiger partial charge in [0.05, 0.1) is 0 Å². The summed E-state index contributed by atoms with van der Waals surface area (Å²) in [6.07, 6.45) is 9.33. The van der Waals surface area contributed by atoms with Crippen LogP contribution in [0, 0.1) is 0 Å². The van der Waals surface area contributed by atoms with Crippen LogP contribution in [-0.4, -0.2) is 9.55 Å². The summed E-state index contributed by atoms with van der Waals surface area (Å²) in [4.78, 5) is 4.42. The summed E-state index contributed by atoms with van der Waals surface area (Å²) in [6.45, 7) is 3.34. The van der Waals surface area contributed by atoms with Crippen molar-refractivity contribution in [1.82, 2.24) is 9.55 Å². The molecule has 0 saturated heterocycles. The predicted octanol–water partition coefficient (Wildman–Crippen LogP) is 2.56. The van der Waals surface area contributed by atoms with E-state index in [0.29, 0.717) is 0 Å². The highest BCUT2D eigenvalue weighted by molar-refractivity contribution is 5.03. The Bertz CT molecular complexity index is 248. The number of nitrogens with zero attached hydrogens (tertiary/aromatic N) is 2. The van der Waals surface area contributed by atoms with Gasteiger partial charge in [-0.15, -0.1) is 0 Å². The summed E-state index contributed by atoms with van der Waals surface area (Å²) < 4.78 is 2.31. The smallest absolute Gasteiger partial charge is 0.111 e. The zero-order valence-electron chi connectivity index (χ0n) is 7.66. The van der Waals surface area contributed by atoms with Crippen LogP contribution in [0.1, 0.15) is 44.3 Å². The van der Waals surface area contributed by atoms with E-state index in [1.165, 1.54) is 31.5 Å². The van der Waals surface area contributed by atoms with Crippen LogP contribution < -0.4 is 0 Å². The lowest BCUT2D eigenvalue weighted by atomic mass is 9.85. The van der Waals surface area contributed by atoms with Gasteiger partial charge in [-0.05, 0) is 19.3 Å². The molecule has 2 rings (SSSR count). The van der Waals surface area contributed by atoms with Gasteiger partial charge in [-0.25, -0.2) is 4.98 Å². The Labute approximate surface area is 73.6 Å². The molecule has 1 aromatic heterocycles. The highest BCUT2D eigenvalue weighted by atomic mass is 15.1. The molecule has 1 aliphatic carbocycles. The van der Waals surface area contributed by atoms with Crippen LogP contribution in [0.3, 0.4) is 0 Å². The van der Waals surface area contributed by atoms with Crippen LogP contribution in [0.5, 0.6) is 0 Å². The number of rotatable bonds is 3. The molecule has 0 atom stereocenters. The third-order valence-corrected chi connectivity index (χ3v) is 2.68. The minimum absolute atomic E-state index is 0.770. The van der Waals surface area contributed by atoms with Gasteiger partial charge in [0.2, 0.25) is 0 Å². The Morgan fingerprint density at radius 3 is 3.00 bits per heavy atom. The van der Waals surface area contributed by atoms with Crippen LogP contribution in [0.25, 0.3) is 0 Å². The van der Waals surface area contributed by atoms with E-state index in [4.69, 9.17) is 0 Å². The van der Waals surface area contributed by atoms with Crippen molar-refractivity contribution < 1.29 is 0 Å². The molecule has 1 aliphatic rings. The number of aryl methyl sites for hydroxylation is 1. The first-order valence-corrected chi connectivity index (χ1v) is 4.93. The van der Waals surface area contributed by atoms with E-state index < -0.39 is 0 Å². The van der Waals surface area contributed by atoms with Crippen molar-refractivity contribution in [2.75, 3.05) is 0 Å². The van der Waals surface area contributed by atoms with Crippen molar-refractivity contribution in [2.24, 2.45) is 0 Å². The molecule has 12 heavy (non-hydrogen) atoms. The van der Waals surface area contributed by atoms with Crippen molar-refractivity contribution in [3.8, 4) is 0 Å². The number of hydrogen-bond donors (Lipinski definition) is 0. The van der Waals surface area contributed by atoms with Crippen LogP contribution in [0.2, 0.25) is 0 Å². The average Bonchev–Trinajstić information content (AvgIpc) is 2.35. The summed E-state index contributed by atoms with van der Waals surface area (Å²) in [5.74, 6) is 2.09. The zero-order chi connectivity index (χ0) is 8.39. The lowest BCUT2D eigenvalue weighted by Gasteiger charge is -2.25. The van der Waals surface area contributed by atoms with E-state index in [0.717, 1.165) is 12.5 Å². The fourth-order valence-electron chi connectivity index (χ4n) is 1.78. The molecule has 0 radical (unpaired) electrons. The van der Waals surface area contributed by atoms with E-state index in [-0.39, 0.29) is 0 Å². The summed E-state index contributed by atoms with van der Waals surface area (Å²) in [5, 5.41) is 0. The first-order valence-electron chi connectivity index (χ1n) is 4.93. The van der Waals surface area contributed by atoms with Gasteiger partial charge in [-0.3, -0.25) is 0 Å². The fraction of sp³-hybridized carbons (Fsp3) is 0.700. The van der Waals surface area contributed by atoms with Gasteiger partial charge in [-0.1, -0.05) is 13.3 Å². The Hall–Kier alpha value is -0.790. The third kappa shape index (κ3) is 1.26. The topological polar surface area (TPSA) is 17.8 Å². The highest BCUT2D eigenvalue weighted by Crippen LogP contribution is 2.35. The van der Waals surface area contributed by atoms with Gasteiger partial charge in [0.15, 0.2) is 0 Å². The fourth-order valence-corrected chi connectivity index (χ4v) is 1.78. The van der Waals surface area contributed by atoms with Crippen LogP contribution >= 0.6 is 0 Å². The van der Waals surface area contributed by atoms with Crippen molar-refractivity contribution >= 4 is 0 Å². The molecule has 0 N–H and O–H groups in total. The molecule has 1 fully saturated rings. The molecule has 0 spiro atoms. The van der Waals surface area contributed by atoms with E-state index in [2.05, 4.69) is 22.7 Å². The maximum Gasteiger partial charge on any atom is 0.111 e. The van der Waals surface area contributed by atoms with E-state index in [9.17, 15) is 0 Å². The van der Waals surface area contributed by atoms with E-state index in [1.54, 1.807) is 0 Å². The molecular weight excluding hydrogens is 148 g/mol. The Kier molecular flexibility index (Phi) is 2.15. The molecule has 2 nitrogen and oxygen atoms in total. The summed E-state index contributed by atoms with van der Waals surface area (Å²) in [6, 6.07) is 0. The molecular formula is C10H16N2. The van der Waals surface area contributed by atoms with Gasteiger partial charge >= 0.3 is 0 Å². The lowest BCUT2D eigenvalue weighted by Crippen LogP contribution is -2.15. The molecule has 1 saturated carbocycles. The van der Waals surface area contributed by atoms with Gasteiger partial charge < -0.3 is 4.57 Å². The quantitative estimate of drug-likeness (QED) is 0.671. The van der Waals surface area contributed by atoms with Crippen LogP contribution in [0.15, 0.2) is 12.4 Å². The maximum atomic E-state index is 4.42. The summed E-state index contributed by atoms with van der Waals surface area (Å²) >= 11 is 0. The average molecular weight is 164 g/mol. The minimum atomic E-state index is 0.770. The van der Waals surface area contributed by atoms with Gasteiger partial charge in [0, 0.05) is 24.9 Å². The molecule has 0 aromatic carbocycles. The van der Waals surface area contributed by atoms with Gasteiger partial charge in [0.25, 0.3) is 0 Å². The second-order valence-corrected chi connectivity index (χ2v) is 3.61. The lowest BCUT2D eigenvalue weighted by molar-refractivity contribution is 0.386. The maximum absolute atomic E-state index is 4.42. The normalized spacial score (nSPS) is 17.8. The van der Waals surface area contributed by atoms with Gasteiger partial charge in [0.1, 0.15) is 5.82 Å². The molecule has 0 unspecified atom stereocenters. The van der Waals surface area contributed by atoms with Crippen LogP contribution in [-0.2, 0) is 6.54 Å². The molecule has 0 bridgehead atoms. The van der Waals surface area contributed by atoms with Gasteiger partial charge in [-0.2, -0.15) is 0 Å². The third-order valence-electron chi connectivity index (χ3n) is 2.68. The monoisotopic (exact) mass is 164 g/mol. The minimum Gasteiger partial charge on any atom is -0.335 e. The number of hydrogen-bond acceptors (Lipinski definition) is 1. The number of imidazole rings is 1. The summed E-state index contributed by atoms with van der Waals surface area (Å²) in [7, 11) is 0. The van der Waals surface area contributed by atoms with Crippen molar-refractivity contribution in [3.63, 3.8) is 0 Å². The Morgan fingerprint density at radius 1 is 1.58 bits per heavy atom. The van der Waals surface area contributed by atoms with E-state index in [1.807, 2.05) is 6.20 Å². The van der Waals surface area contributed by atoms with Crippen molar-refractivity contribution in [3.05, 3.63) is 18.2 Å². The van der Waals surface area contributed by atoms with Crippen molar-refractivity contribution in [1.29, 1.82) is 0 Å². The van der Waals surface area contributed by atoms with Crippen LogP contribution in [0.4, 0.5) is 0 Å². The summed E-state index contributed by atoms with van der Waals surface area (Å²) in [5.41, 5.74) is 0. The van der Waals surface area contributed by atoms with E-state index >= 15 is 0 Å². The standard InChI is InChI=1S/C10H16N2/c1-2-7-12-8-6-11-10(12)9-4-3-5-9/h6,8-9H,2-5,7H2,1H3. The zero-order valence-corrected chi connectivity index (χ0v) is 7.66. The second kappa shape index (κ2) is 3.30. The predicted molar refractivity (Wildman–Crippen MR) is 49.1 cm³/mol. The first-order chi connectivity index (χ1) is 5.92. The first kappa shape index (κ1) is 7.84. The molecule has 66 valence electrons. The second-order valence-electron chi connectivity index (χ2n) is 3.61. The molecule has 0 amide bonds. The van der Waals surface area contributed by atoms with Crippen molar-refractivity contribution in [2.45, 2.75) is 45.1 Å². The number of aromatic nitrogens is 2. The molecule has 1 aromatic rings. The Balaban J connectivity index is 2.12. The SMILES string of the molecule is CCCn1ccnc1C1CCC1. The highest BCUT2D eigenvalue weighted by Gasteiger charge is 2.23. The Morgan fingerprint density at radius 2 is 2.42 bits per heavy atom. The molecule has 0 aliphatic heterocycles.